The molecule has 0 unspecified atom stereocenters. The van der Waals surface area contributed by atoms with Gasteiger partial charge in [0.15, 0.2) is 0 Å². The zero-order valence-electron chi connectivity index (χ0n) is 16.4. The number of aromatic nitrogens is 3. The molecule has 2 atom stereocenters. The van der Waals surface area contributed by atoms with Crippen molar-refractivity contribution in [2.45, 2.75) is 37.8 Å². The van der Waals surface area contributed by atoms with Crippen LogP contribution in [0, 0.1) is 11.3 Å². The van der Waals surface area contributed by atoms with E-state index in [2.05, 4.69) is 30.5 Å². The molecule has 9 heteroatoms. The number of carbonyl (C=O) groups excluding carboxylic acids is 2. The van der Waals surface area contributed by atoms with Crippen LogP contribution in [0.1, 0.15) is 41.0 Å². The summed E-state index contributed by atoms with van der Waals surface area (Å²) < 4.78 is 0. The summed E-state index contributed by atoms with van der Waals surface area (Å²) in [5.74, 6) is -0.176. The number of nitrogens with one attached hydrogen (secondary N) is 3. The van der Waals surface area contributed by atoms with E-state index in [1.807, 2.05) is 13.1 Å². The van der Waals surface area contributed by atoms with Gasteiger partial charge in [0.2, 0.25) is 5.91 Å². The molecule has 0 spiro atoms. The molecule has 0 bridgehead atoms. The summed E-state index contributed by atoms with van der Waals surface area (Å²) in [6.45, 7) is 1.09. The molecule has 0 aromatic carbocycles. The van der Waals surface area contributed by atoms with E-state index >= 15 is 0 Å². The molecule has 2 amide bonds. The molecule has 1 fully saturated rings. The Labute approximate surface area is 169 Å². The van der Waals surface area contributed by atoms with Crippen molar-refractivity contribution in [3.05, 3.63) is 47.8 Å². The average Bonchev–Trinajstić information content (AvgIpc) is 3.37. The monoisotopic (exact) mass is 395 g/mol. The Hall–Kier alpha value is -3.25. The number of likely N-dealkylation sites (tertiary alicyclic amines) is 1. The first-order valence-electron chi connectivity index (χ1n) is 9.67. The van der Waals surface area contributed by atoms with Gasteiger partial charge in [-0.3, -0.25) is 14.5 Å². The number of H-pyrrole nitrogens is 1. The topological polar surface area (TPSA) is 127 Å². The lowest BCUT2D eigenvalue weighted by atomic mass is 10.1. The maximum atomic E-state index is 12.3. The van der Waals surface area contributed by atoms with Gasteiger partial charge in [-0.2, -0.15) is 5.26 Å². The van der Waals surface area contributed by atoms with Crippen molar-refractivity contribution >= 4 is 11.8 Å². The van der Waals surface area contributed by atoms with Crippen molar-refractivity contribution in [1.29, 1.82) is 5.26 Å². The third-order valence-corrected chi connectivity index (χ3v) is 5.32. The third kappa shape index (κ3) is 5.62. The van der Waals surface area contributed by atoms with Crippen LogP contribution < -0.4 is 10.6 Å². The average molecular weight is 395 g/mol. The molecule has 1 aliphatic rings. The first-order chi connectivity index (χ1) is 14.1. The molecule has 152 valence electrons. The van der Waals surface area contributed by atoms with E-state index in [9.17, 15) is 9.59 Å². The molecule has 0 saturated carbocycles. The van der Waals surface area contributed by atoms with Crippen molar-refractivity contribution in [2.75, 3.05) is 20.1 Å². The van der Waals surface area contributed by atoms with Gasteiger partial charge < -0.3 is 15.6 Å². The fourth-order valence-electron chi connectivity index (χ4n) is 3.53. The Bertz CT molecular complexity index is 858. The predicted molar refractivity (Wildman–Crippen MR) is 106 cm³/mol. The molecule has 0 radical (unpaired) electrons. The van der Waals surface area contributed by atoms with Crippen LogP contribution >= 0.6 is 0 Å². The molecule has 1 aliphatic heterocycles. The number of aromatic amines is 1. The minimum atomic E-state index is -0.213. The molecule has 3 N–H and O–H groups in total. The van der Waals surface area contributed by atoms with Gasteiger partial charge in [-0.05, 0) is 32.0 Å². The van der Waals surface area contributed by atoms with Crippen molar-refractivity contribution in [3.63, 3.8) is 0 Å². The first-order valence-corrected chi connectivity index (χ1v) is 9.67. The van der Waals surface area contributed by atoms with Gasteiger partial charge in [0.25, 0.3) is 5.91 Å². The fraction of sp³-hybridized carbons (Fsp3) is 0.450. The maximum absolute atomic E-state index is 12.3. The van der Waals surface area contributed by atoms with E-state index < -0.39 is 0 Å². The maximum Gasteiger partial charge on any atom is 0.252 e. The number of nitriles is 1. The summed E-state index contributed by atoms with van der Waals surface area (Å²) in [5, 5.41) is 14.6. The second kappa shape index (κ2) is 9.80. The molecule has 2 aromatic heterocycles. The SMILES string of the molecule is CN1[C@@H](CC(=O)NCCc2cnc[nH]2)CC[C@H]1CNC(=O)c1ccc(C#N)nc1. The lowest BCUT2D eigenvalue weighted by Crippen LogP contribution is -2.42. The molecule has 2 aromatic rings. The lowest BCUT2D eigenvalue weighted by molar-refractivity contribution is -0.122. The van der Waals surface area contributed by atoms with Gasteiger partial charge in [-0.15, -0.1) is 0 Å². The molecule has 9 nitrogen and oxygen atoms in total. The summed E-state index contributed by atoms with van der Waals surface area (Å²) in [7, 11) is 2.00. The van der Waals surface area contributed by atoms with E-state index in [1.165, 1.54) is 12.3 Å². The van der Waals surface area contributed by atoms with Crippen LogP contribution in [-0.2, 0) is 11.2 Å². The van der Waals surface area contributed by atoms with Crippen molar-refractivity contribution in [1.82, 2.24) is 30.5 Å². The van der Waals surface area contributed by atoms with Crippen LogP contribution in [0.25, 0.3) is 0 Å². The third-order valence-electron chi connectivity index (χ3n) is 5.32. The Balaban J connectivity index is 1.39. The van der Waals surface area contributed by atoms with Gasteiger partial charge in [-0.25, -0.2) is 9.97 Å². The zero-order chi connectivity index (χ0) is 20.6. The number of imidazole rings is 1. The fourth-order valence-corrected chi connectivity index (χ4v) is 3.53. The molecule has 29 heavy (non-hydrogen) atoms. The number of hydrogen-bond acceptors (Lipinski definition) is 6. The molecule has 3 rings (SSSR count). The minimum Gasteiger partial charge on any atom is -0.356 e. The normalized spacial score (nSPS) is 18.9. The van der Waals surface area contributed by atoms with Crippen LogP contribution in [0.2, 0.25) is 0 Å². The van der Waals surface area contributed by atoms with Crippen molar-refractivity contribution < 1.29 is 9.59 Å². The highest BCUT2D eigenvalue weighted by molar-refractivity contribution is 5.93. The van der Waals surface area contributed by atoms with Crippen LogP contribution in [-0.4, -0.2) is 63.9 Å². The number of likely N-dealkylation sites (N-methyl/N-ethyl adjacent to an activating group) is 1. The lowest BCUT2D eigenvalue weighted by Gasteiger charge is -2.25. The highest BCUT2D eigenvalue weighted by atomic mass is 16.2. The van der Waals surface area contributed by atoms with Crippen LogP contribution in [0.3, 0.4) is 0 Å². The number of pyridine rings is 1. The summed E-state index contributed by atoms with van der Waals surface area (Å²) >= 11 is 0. The van der Waals surface area contributed by atoms with E-state index in [4.69, 9.17) is 5.26 Å². The van der Waals surface area contributed by atoms with Crippen molar-refractivity contribution in [3.8, 4) is 6.07 Å². The van der Waals surface area contributed by atoms with Gasteiger partial charge >= 0.3 is 0 Å². The summed E-state index contributed by atoms with van der Waals surface area (Å²) in [5.41, 5.74) is 1.71. The van der Waals surface area contributed by atoms with E-state index in [1.54, 1.807) is 18.6 Å². The Morgan fingerprint density at radius 1 is 1.28 bits per heavy atom. The quantitative estimate of drug-likeness (QED) is 0.601. The number of hydrogen-bond donors (Lipinski definition) is 3. The smallest absolute Gasteiger partial charge is 0.252 e. The van der Waals surface area contributed by atoms with Crippen LogP contribution in [0.5, 0.6) is 0 Å². The predicted octanol–water partition coefficient (Wildman–Crippen LogP) is 0.618. The number of rotatable bonds is 8. The van der Waals surface area contributed by atoms with Crippen LogP contribution in [0.15, 0.2) is 30.9 Å². The summed E-state index contributed by atoms with van der Waals surface area (Å²) in [6.07, 6.45) is 7.81. The van der Waals surface area contributed by atoms with Crippen molar-refractivity contribution in [2.24, 2.45) is 0 Å². The molecule has 0 aliphatic carbocycles. The Morgan fingerprint density at radius 3 is 2.79 bits per heavy atom. The van der Waals surface area contributed by atoms with Gasteiger partial charge in [-0.1, -0.05) is 0 Å². The number of nitrogens with zero attached hydrogens (tertiary/aromatic N) is 4. The van der Waals surface area contributed by atoms with E-state index in [0.29, 0.717) is 25.1 Å². The Morgan fingerprint density at radius 2 is 2.10 bits per heavy atom. The number of amides is 2. The Kier molecular flexibility index (Phi) is 6.92. The second-order valence-electron chi connectivity index (χ2n) is 7.19. The molecular weight excluding hydrogens is 370 g/mol. The highest BCUT2D eigenvalue weighted by Gasteiger charge is 2.31. The highest BCUT2D eigenvalue weighted by Crippen LogP contribution is 2.24. The summed E-state index contributed by atoms with van der Waals surface area (Å²) in [4.78, 5) is 37.5. The summed E-state index contributed by atoms with van der Waals surface area (Å²) in [6, 6.07) is 5.40. The molecule has 3 heterocycles. The minimum absolute atomic E-state index is 0.0368. The molecular formula is C20H25N7O2. The van der Waals surface area contributed by atoms with E-state index in [-0.39, 0.29) is 29.6 Å². The molecule has 1 saturated heterocycles. The van der Waals surface area contributed by atoms with Gasteiger partial charge in [0.05, 0.1) is 11.9 Å². The number of carbonyl (C=O) groups is 2. The second-order valence-corrected chi connectivity index (χ2v) is 7.19. The van der Waals surface area contributed by atoms with Crippen LogP contribution in [0.4, 0.5) is 0 Å². The van der Waals surface area contributed by atoms with Gasteiger partial charge in [0, 0.05) is 56.1 Å². The first kappa shape index (κ1) is 20.5. The zero-order valence-corrected chi connectivity index (χ0v) is 16.4. The largest absolute Gasteiger partial charge is 0.356 e. The standard InChI is InChI=1S/C20H25N7O2/c1-27-17(8-19(28)23-7-6-16-11-22-13-26-16)4-5-18(27)12-25-20(29)14-2-3-15(9-21)24-10-14/h2-3,10-11,13,17-18H,4-8,12H2,1H3,(H,22,26)(H,23,28)(H,25,29)/t17-,18+/m1/s1. The van der Waals surface area contributed by atoms with E-state index in [0.717, 1.165) is 25.0 Å². The van der Waals surface area contributed by atoms with Gasteiger partial charge in [0.1, 0.15) is 11.8 Å².